The van der Waals surface area contributed by atoms with E-state index in [0.717, 1.165) is 17.0 Å². The molecule has 2 heterocycles. The van der Waals surface area contributed by atoms with Crippen molar-refractivity contribution in [2.24, 2.45) is 0 Å². The molecule has 0 saturated heterocycles. The maximum absolute atomic E-state index is 13.4. The van der Waals surface area contributed by atoms with Crippen molar-refractivity contribution < 1.29 is 17.6 Å². The van der Waals surface area contributed by atoms with E-state index in [2.05, 4.69) is 15.2 Å². The fourth-order valence-corrected chi connectivity index (χ4v) is 4.29. The lowest BCUT2D eigenvalue weighted by Gasteiger charge is -2.07. The number of rotatable bonds is 6. The molecule has 1 N–H and O–H groups in total. The summed E-state index contributed by atoms with van der Waals surface area (Å²) in [7, 11) is -3.79. The third-order valence-electron chi connectivity index (χ3n) is 4.59. The van der Waals surface area contributed by atoms with E-state index in [-0.39, 0.29) is 22.0 Å². The van der Waals surface area contributed by atoms with Crippen LogP contribution < -0.4 is 0 Å². The minimum atomic E-state index is -3.79. The number of aromatic amines is 1. The number of Topliss-reactive ketones (excluding diaryl/α,β-unsaturated/α-hetero) is 1. The van der Waals surface area contributed by atoms with Crippen LogP contribution in [0.1, 0.15) is 22.3 Å². The Kier molecular flexibility index (Phi) is 4.94. The van der Waals surface area contributed by atoms with E-state index in [1.165, 1.54) is 36.5 Å². The quantitative estimate of drug-likeness (QED) is 0.490. The van der Waals surface area contributed by atoms with Gasteiger partial charge in [0.2, 0.25) is 9.84 Å². The standard InChI is InChI=1S/C21H16FN3O3S/c22-17-2-1-3-19(11-17)29(27,28)18-7-4-14(5-8-18)6-9-20(26)15-10-16-13-24-25-21(16)23-12-15/h1-5,7-8,10-13H,6,9H2,(H,23,24,25). The molecule has 146 valence electrons. The molecule has 0 radical (unpaired) electrons. The first-order valence-electron chi connectivity index (χ1n) is 8.85. The van der Waals surface area contributed by atoms with Crippen LogP contribution in [0.25, 0.3) is 11.0 Å². The molecule has 2 aromatic heterocycles. The highest BCUT2D eigenvalue weighted by atomic mass is 32.2. The highest BCUT2D eigenvalue weighted by Gasteiger charge is 2.18. The lowest BCUT2D eigenvalue weighted by molar-refractivity contribution is 0.0982. The first-order valence-corrected chi connectivity index (χ1v) is 10.3. The van der Waals surface area contributed by atoms with Crippen molar-refractivity contribution in [2.75, 3.05) is 0 Å². The number of fused-ring (bicyclic) bond motifs is 1. The van der Waals surface area contributed by atoms with Gasteiger partial charge in [-0.2, -0.15) is 5.10 Å². The van der Waals surface area contributed by atoms with Crippen LogP contribution in [0.2, 0.25) is 0 Å². The maximum atomic E-state index is 13.4. The minimum Gasteiger partial charge on any atom is -0.294 e. The largest absolute Gasteiger partial charge is 0.294 e. The summed E-state index contributed by atoms with van der Waals surface area (Å²) < 4.78 is 38.6. The third kappa shape index (κ3) is 3.93. The van der Waals surface area contributed by atoms with E-state index >= 15 is 0 Å². The van der Waals surface area contributed by atoms with Gasteiger partial charge >= 0.3 is 0 Å². The van der Waals surface area contributed by atoms with Crippen molar-refractivity contribution in [3.8, 4) is 0 Å². The number of aromatic nitrogens is 3. The summed E-state index contributed by atoms with van der Waals surface area (Å²) in [5.41, 5.74) is 1.95. The molecule has 0 aliphatic carbocycles. The number of sulfone groups is 1. The lowest BCUT2D eigenvalue weighted by atomic mass is 10.0. The van der Waals surface area contributed by atoms with E-state index in [1.807, 2.05) is 0 Å². The van der Waals surface area contributed by atoms with E-state index < -0.39 is 15.7 Å². The van der Waals surface area contributed by atoms with Crippen LogP contribution >= 0.6 is 0 Å². The monoisotopic (exact) mass is 409 g/mol. The Hall–Kier alpha value is -3.39. The number of nitrogens with one attached hydrogen (secondary N) is 1. The molecule has 8 heteroatoms. The number of hydrogen-bond donors (Lipinski definition) is 1. The Morgan fingerprint density at radius 1 is 1.00 bits per heavy atom. The predicted molar refractivity (Wildman–Crippen MR) is 105 cm³/mol. The number of aryl methyl sites for hydroxylation is 1. The number of carbonyl (C=O) groups excluding carboxylic acids is 1. The van der Waals surface area contributed by atoms with Crippen molar-refractivity contribution in [1.29, 1.82) is 0 Å². The van der Waals surface area contributed by atoms with Gasteiger partial charge in [0.05, 0.1) is 16.0 Å². The molecule has 0 aliphatic heterocycles. The average Bonchev–Trinajstić information content (AvgIpc) is 3.20. The molecule has 0 atom stereocenters. The zero-order chi connectivity index (χ0) is 20.4. The Morgan fingerprint density at radius 2 is 1.79 bits per heavy atom. The third-order valence-corrected chi connectivity index (χ3v) is 6.36. The fourth-order valence-electron chi connectivity index (χ4n) is 3.00. The highest BCUT2D eigenvalue weighted by Crippen LogP contribution is 2.22. The Bertz CT molecular complexity index is 1300. The molecule has 29 heavy (non-hydrogen) atoms. The molecule has 4 rings (SSSR count). The number of ketones is 1. The normalized spacial score (nSPS) is 11.6. The summed E-state index contributed by atoms with van der Waals surface area (Å²) in [6.45, 7) is 0. The van der Waals surface area contributed by atoms with Crippen molar-refractivity contribution in [3.05, 3.63) is 83.9 Å². The maximum Gasteiger partial charge on any atom is 0.206 e. The first-order chi connectivity index (χ1) is 13.9. The summed E-state index contributed by atoms with van der Waals surface area (Å²) >= 11 is 0. The van der Waals surface area contributed by atoms with Gasteiger partial charge in [-0.05, 0) is 48.4 Å². The molecule has 0 spiro atoms. The smallest absolute Gasteiger partial charge is 0.206 e. The summed E-state index contributed by atoms with van der Waals surface area (Å²) in [6.07, 6.45) is 3.85. The Balaban J connectivity index is 1.46. The Morgan fingerprint density at radius 3 is 2.55 bits per heavy atom. The minimum absolute atomic E-state index is 0.0583. The lowest BCUT2D eigenvalue weighted by Crippen LogP contribution is -2.04. The van der Waals surface area contributed by atoms with Crippen molar-refractivity contribution >= 4 is 26.7 Å². The number of nitrogens with zero attached hydrogens (tertiary/aromatic N) is 2. The van der Waals surface area contributed by atoms with Crippen LogP contribution in [0, 0.1) is 5.82 Å². The summed E-state index contributed by atoms with van der Waals surface area (Å²) in [5, 5.41) is 7.38. The van der Waals surface area contributed by atoms with Crippen LogP contribution in [0.4, 0.5) is 4.39 Å². The van der Waals surface area contributed by atoms with Gasteiger partial charge < -0.3 is 0 Å². The van der Waals surface area contributed by atoms with Crippen molar-refractivity contribution in [3.63, 3.8) is 0 Å². The van der Waals surface area contributed by atoms with Gasteiger partial charge in [0, 0.05) is 23.6 Å². The zero-order valence-electron chi connectivity index (χ0n) is 15.2. The number of H-pyrrole nitrogens is 1. The topological polar surface area (TPSA) is 92.8 Å². The van der Waals surface area contributed by atoms with Crippen LogP contribution in [-0.4, -0.2) is 29.4 Å². The zero-order valence-corrected chi connectivity index (χ0v) is 16.0. The average molecular weight is 409 g/mol. The number of carbonyl (C=O) groups is 1. The fraction of sp³-hybridized carbons (Fsp3) is 0.0952. The van der Waals surface area contributed by atoms with Gasteiger partial charge in [-0.3, -0.25) is 9.89 Å². The van der Waals surface area contributed by atoms with Crippen LogP contribution in [-0.2, 0) is 16.3 Å². The van der Waals surface area contributed by atoms with Gasteiger partial charge in [-0.15, -0.1) is 0 Å². The van der Waals surface area contributed by atoms with Gasteiger partial charge in [0.15, 0.2) is 11.4 Å². The van der Waals surface area contributed by atoms with E-state index in [0.29, 0.717) is 17.6 Å². The van der Waals surface area contributed by atoms with E-state index in [1.54, 1.807) is 24.4 Å². The molecular weight excluding hydrogens is 393 g/mol. The van der Waals surface area contributed by atoms with Crippen LogP contribution in [0.5, 0.6) is 0 Å². The highest BCUT2D eigenvalue weighted by molar-refractivity contribution is 7.91. The molecule has 2 aromatic carbocycles. The molecule has 6 nitrogen and oxygen atoms in total. The second-order valence-corrected chi connectivity index (χ2v) is 8.51. The second kappa shape index (κ2) is 7.56. The molecule has 0 aliphatic rings. The molecule has 0 fully saturated rings. The number of halogens is 1. The summed E-state index contributed by atoms with van der Waals surface area (Å²) in [6, 6.07) is 12.9. The molecule has 0 bridgehead atoms. The van der Waals surface area contributed by atoms with Gasteiger partial charge in [-0.25, -0.2) is 17.8 Å². The number of hydrogen-bond acceptors (Lipinski definition) is 5. The first kappa shape index (κ1) is 18.9. The molecule has 0 saturated carbocycles. The predicted octanol–water partition coefficient (Wildman–Crippen LogP) is 3.75. The van der Waals surface area contributed by atoms with E-state index in [4.69, 9.17) is 0 Å². The Labute approximate surface area is 166 Å². The molecule has 0 unspecified atom stereocenters. The second-order valence-electron chi connectivity index (χ2n) is 6.56. The molecule has 4 aromatic rings. The summed E-state index contributed by atoms with van der Waals surface area (Å²) in [5.74, 6) is -0.665. The molecular formula is C21H16FN3O3S. The SMILES string of the molecule is O=C(CCc1ccc(S(=O)(=O)c2cccc(F)c2)cc1)c1cnc2[nH]ncc2c1. The van der Waals surface area contributed by atoms with Crippen molar-refractivity contribution in [1.82, 2.24) is 15.2 Å². The van der Waals surface area contributed by atoms with Gasteiger partial charge in [0.25, 0.3) is 0 Å². The molecule has 0 amide bonds. The number of benzene rings is 2. The summed E-state index contributed by atoms with van der Waals surface area (Å²) in [4.78, 5) is 16.6. The van der Waals surface area contributed by atoms with Crippen LogP contribution in [0.3, 0.4) is 0 Å². The van der Waals surface area contributed by atoms with Crippen molar-refractivity contribution in [2.45, 2.75) is 22.6 Å². The van der Waals surface area contributed by atoms with Gasteiger partial charge in [-0.1, -0.05) is 18.2 Å². The number of pyridine rings is 1. The van der Waals surface area contributed by atoms with Crippen LogP contribution in [0.15, 0.2) is 76.8 Å². The van der Waals surface area contributed by atoms with Gasteiger partial charge in [0.1, 0.15) is 5.82 Å². The van der Waals surface area contributed by atoms with E-state index in [9.17, 15) is 17.6 Å².